The summed E-state index contributed by atoms with van der Waals surface area (Å²) in [4.78, 5) is 4.33. The zero-order chi connectivity index (χ0) is 14.3. The summed E-state index contributed by atoms with van der Waals surface area (Å²) in [5.41, 5.74) is 1.49. The number of anilines is 1. The van der Waals surface area contributed by atoms with Crippen molar-refractivity contribution in [1.82, 2.24) is 9.55 Å². The normalized spacial score (nSPS) is 15.4. The number of aryl methyl sites for hydroxylation is 1. The molecular weight excluding hydrogens is 268 g/mol. The number of benzene rings is 1. The smallest absolute Gasteiger partial charge is 0.395 e. The van der Waals surface area contributed by atoms with Crippen LogP contribution in [0.15, 0.2) is 24.4 Å². The monoisotopic (exact) mass is 281 g/mol. The van der Waals surface area contributed by atoms with Gasteiger partial charge in [-0.3, -0.25) is 4.57 Å². The van der Waals surface area contributed by atoms with Gasteiger partial charge >= 0.3 is 6.29 Å². The van der Waals surface area contributed by atoms with Gasteiger partial charge in [0.15, 0.2) is 11.5 Å². The van der Waals surface area contributed by atoms with E-state index in [4.69, 9.17) is 0 Å². The van der Waals surface area contributed by atoms with E-state index in [2.05, 4.69) is 19.8 Å². The maximum absolute atomic E-state index is 13.0. The Bertz CT molecular complexity index is 655. The van der Waals surface area contributed by atoms with Gasteiger partial charge in [-0.25, -0.2) is 4.98 Å². The van der Waals surface area contributed by atoms with Crippen molar-refractivity contribution in [3.05, 3.63) is 30.1 Å². The van der Waals surface area contributed by atoms with E-state index in [0.29, 0.717) is 18.2 Å². The van der Waals surface area contributed by atoms with Crippen LogP contribution in [0.3, 0.4) is 0 Å². The highest BCUT2D eigenvalue weighted by atomic mass is 19.3. The molecule has 7 heteroatoms. The molecule has 1 aliphatic heterocycles. The molecule has 106 valence electrons. The fraction of sp³-hybridized carbons (Fsp3) is 0.308. The third kappa shape index (κ3) is 2.15. The lowest BCUT2D eigenvalue weighted by Crippen LogP contribution is -2.25. The van der Waals surface area contributed by atoms with Gasteiger partial charge in [-0.1, -0.05) is 0 Å². The van der Waals surface area contributed by atoms with Crippen molar-refractivity contribution < 1.29 is 18.3 Å². The Morgan fingerprint density at radius 3 is 2.80 bits per heavy atom. The number of fused-ring (bicyclic) bond motifs is 1. The van der Waals surface area contributed by atoms with Gasteiger partial charge in [0, 0.05) is 18.8 Å². The molecule has 20 heavy (non-hydrogen) atoms. The first-order valence-corrected chi connectivity index (χ1v) is 6.18. The van der Waals surface area contributed by atoms with Crippen molar-refractivity contribution in [2.75, 3.05) is 11.9 Å². The van der Waals surface area contributed by atoms with Crippen LogP contribution in [0.25, 0.3) is 5.69 Å². The summed E-state index contributed by atoms with van der Waals surface area (Å²) in [5, 5.41) is 3.11. The predicted octanol–water partition coefficient (Wildman–Crippen LogP) is 2.93. The van der Waals surface area contributed by atoms with Gasteiger partial charge in [0.1, 0.15) is 0 Å². The summed E-state index contributed by atoms with van der Waals surface area (Å²) in [7, 11) is 0. The number of hydrogen-bond acceptors (Lipinski definition) is 4. The van der Waals surface area contributed by atoms with Gasteiger partial charge in [-0.15, -0.1) is 8.78 Å². The van der Waals surface area contributed by atoms with Crippen LogP contribution >= 0.6 is 0 Å². The quantitative estimate of drug-likeness (QED) is 0.939. The highest BCUT2D eigenvalue weighted by Gasteiger charge is 2.43. The first-order chi connectivity index (χ1) is 9.48. The lowest BCUT2D eigenvalue weighted by molar-refractivity contribution is -0.286. The number of ether oxygens (including phenoxy) is 2. The molecule has 0 bridgehead atoms. The molecule has 5 nitrogen and oxygen atoms in total. The molecule has 0 unspecified atom stereocenters. The first kappa shape index (κ1) is 12.7. The molecule has 0 atom stereocenters. The number of imidazole rings is 1. The highest BCUT2D eigenvalue weighted by Crippen LogP contribution is 2.42. The van der Waals surface area contributed by atoms with Crippen LogP contribution in [0, 0.1) is 6.92 Å². The molecular formula is C13H13F2N3O2. The highest BCUT2D eigenvalue weighted by molar-refractivity contribution is 5.53. The van der Waals surface area contributed by atoms with Crippen LogP contribution in [0.2, 0.25) is 0 Å². The molecule has 1 N–H and O–H groups in total. The van der Waals surface area contributed by atoms with E-state index < -0.39 is 6.29 Å². The lowest BCUT2D eigenvalue weighted by atomic mass is 10.3. The molecule has 0 fully saturated rings. The molecule has 3 rings (SSSR count). The maximum atomic E-state index is 13.0. The van der Waals surface area contributed by atoms with Crippen molar-refractivity contribution in [2.24, 2.45) is 0 Å². The van der Waals surface area contributed by atoms with Crippen LogP contribution < -0.4 is 14.8 Å². The standard InChI is InChI=1S/C13H13F2N3O2/c1-3-16-12-17-8(2)7-18(12)9-4-5-10-11(6-9)20-13(14,15)19-10/h4-7H,3H2,1-2H3,(H,16,17). The average molecular weight is 281 g/mol. The minimum absolute atomic E-state index is 0.0151. The summed E-state index contributed by atoms with van der Waals surface area (Å²) in [6.45, 7) is 4.52. The second-order valence-corrected chi connectivity index (χ2v) is 4.40. The molecule has 0 spiro atoms. The van der Waals surface area contributed by atoms with Crippen molar-refractivity contribution in [2.45, 2.75) is 20.1 Å². The van der Waals surface area contributed by atoms with Gasteiger partial charge < -0.3 is 14.8 Å². The largest absolute Gasteiger partial charge is 0.586 e. The van der Waals surface area contributed by atoms with E-state index >= 15 is 0 Å². The SMILES string of the molecule is CCNc1nc(C)cn1-c1ccc2c(c1)OC(F)(F)O2. The van der Waals surface area contributed by atoms with Crippen LogP contribution in [-0.2, 0) is 0 Å². The zero-order valence-corrected chi connectivity index (χ0v) is 11.0. The van der Waals surface area contributed by atoms with Crippen LogP contribution in [-0.4, -0.2) is 22.4 Å². The zero-order valence-electron chi connectivity index (χ0n) is 11.0. The predicted molar refractivity (Wildman–Crippen MR) is 68.7 cm³/mol. The Hall–Kier alpha value is -2.31. The Kier molecular flexibility index (Phi) is 2.77. The number of alkyl halides is 2. The number of rotatable bonds is 3. The fourth-order valence-electron chi connectivity index (χ4n) is 2.06. The number of halogens is 2. The summed E-state index contributed by atoms with van der Waals surface area (Å²) >= 11 is 0. The van der Waals surface area contributed by atoms with Crippen molar-refractivity contribution in [3.63, 3.8) is 0 Å². The van der Waals surface area contributed by atoms with Crippen LogP contribution in [0.4, 0.5) is 14.7 Å². The van der Waals surface area contributed by atoms with E-state index in [1.54, 1.807) is 10.6 Å². The van der Waals surface area contributed by atoms with E-state index in [1.165, 1.54) is 12.1 Å². The van der Waals surface area contributed by atoms with Gasteiger partial charge in [-0.05, 0) is 26.0 Å². The molecule has 1 aromatic heterocycles. The van der Waals surface area contributed by atoms with E-state index in [-0.39, 0.29) is 11.5 Å². The number of hydrogen-bond donors (Lipinski definition) is 1. The van der Waals surface area contributed by atoms with E-state index in [1.807, 2.05) is 20.0 Å². The van der Waals surface area contributed by atoms with Gasteiger partial charge in [-0.2, -0.15) is 0 Å². The first-order valence-electron chi connectivity index (χ1n) is 6.18. The molecule has 0 aliphatic carbocycles. The summed E-state index contributed by atoms with van der Waals surface area (Å²) < 4.78 is 36.6. The molecule has 2 aromatic rings. The molecule has 2 heterocycles. The molecule has 1 aliphatic rings. The van der Waals surface area contributed by atoms with Crippen LogP contribution in [0.5, 0.6) is 11.5 Å². The Labute approximate surface area is 114 Å². The van der Waals surface area contributed by atoms with Crippen LogP contribution in [0.1, 0.15) is 12.6 Å². The number of nitrogens with zero attached hydrogens (tertiary/aromatic N) is 2. The van der Waals surface area contributed by atoms with Gasteiger partial charge in [0.25, 0.3) is 0 Å². The van der Waals surface area contributed by atoms with Crippen molar-refractivity contribution >= 4 is 5.95 Å². The second kappa shape index (κ2) is 4.36. The number of aromatic nitrogens is 2. The Morgan fingerprint density at radius 2 is 2.05 bits per heavy atom. The summed E-state index contributed by atoms with van der Waals surface area (Å²) in [6, 6.07) is 4.63. The second-order valence-electron chi connectivity index (χ2n) is 4.40. The third-order valence-corrected chi connectivity index (χ3v) is 2.82. The molecule has 1 aromatic carbocycles. The van der Waals surface area contributed by atoms with E-state index in [9.17, 15) is 8.78 Å². The van der Waals surface area contributed by atoms with Gasteiger partial charge in [0.2, 0.25) is 5.95 Å². The lowest BCUT2D eigenvalue weighted by Gasteiger charge is -2.08. The Balaban J connectivity index is 2.01. The maximum Gasteiger partial charge on any atom is 0.586 e. The summed E-state index contributed by atoms with van der Waals surface area (Å²) in [6.07, 6.45) is -1.79. The fourth-order valence-corrected chi connectivity index (χ4v) is 2.06. The Morgan fingerprint density at radius 1 is 1.30 bits per heavy atom. The average Bonchev–Trinajstić information content (AvgIpc) is 2.87. The van der Waals surface area contributed by atoms with E-state index in [0.717, 1.165) is 5.69 Å². The molecule has 0 radical (unpaired) electrons. The van der Waals surface area contributed by atoms with Gasteiger partial charge in [0.05, 0.1) is 11.4 Å². The van der Waals surface area contributed by atoms with Crippen molar-refractivity contribution in [3.8, 4) is 17.2 Å². The van der Waals surface area contributed by atoms with Crippen molar-refractivity contribution in [1.29, 1.82) is 0 Å². The molecule has 0 amide bonds. The minimum Gasteiger partial charge on any atom is -0.395 e. The third-order valence-electron chi connectivity index (χ3n) is 2.82. The topological polar surface area (TPSA) is 48.3 Å². The molecule has 0 saturated carbocycles. The minimum atomic E-state index is -3.60. The summed E-state index contributed by atoms with van der Waals surface area (Å²) in [5.74, 6) is 0.692. The molecule has 0 saturated heterocycles. The number of nitrogens with one attached hydrogen (secondary N) is 1.